The lowest BCUT2D eigenvalue weighted by atomic mass is 9.89. The molecule has 1 aromatic carbocycles. The summed E-state index contributed by atoms with van der Waals surface area (Å²) in [7, 11) is 0. The molecule has 4 bridgehead atoms. The van der Waals surface area contributed by atoms with Gasteiger partial charge in [-0.2, -0.15) is 0 Å². The zero-order valence-electron chi connectivity index (χ0n) is 16.5. The van der Waals surface area contributed by atoms with Gasteiger partial charge in [-0.25, -0.2) is 0 Å². The fourth-order valence-corrected chi connectivity index (χ4v) is 5.58. The number of fused-ring (bicyclic) bond motifs is 6. The highest BCUT2D eigenvalue weighted by Crippen LogP contribution is 2.44. The molecule has 6 atom stereocenters. The SMILES string of the molecule is O=C(NCCc1ccc2c(c1)[C@H]1C[C@@H](N2)[C@H](O)CO1)C(=O)NC1CC2CCC1C2. The van der Waals surface area contributed by atoms with Gasteiger partial charge in [0.25, 0.3) is 0 Å². The average molecular weight is 399 g/mol. The summed E-state index contributed by atoms with van der Waals surface area (Å²) in [6, 6.07) is 6.34. The number of hydrogen-bond acceptors (Lipinski definition) is 5. The van der Waals surface area contributed by atoms with Crippen molar-refractivity contribution in [2.45, 2.75) is 62.8 Å². The number of carbonyl (C=O) groups is 2. The van der Waals surface area contributed by atoms with Gasteiger partial charge in [-0.15, -0.1) is 0 Å². The summed E-state index contributed by atoms with van der Waals surface area (Å²) < 4.78 is 5.79. The van der Waals surface area contributed by atoms with Crippen LogP contribution in [-0.4, -0.2) is 48.3 Å². The summed E-state index contributed by atoms with van der Waals surface area (Å²) in [5.74, 6) is 0.249. The molecular weight excluding hydrogens is 370 g/mol. The van der Waals surface area contributed by atoms with Crippen molar-refractivity contribution < 1.29 is 19.4 Å². The first kappa shape index (κ1) is 18.9. The summed E-state index contributed by atoms with van der Waals surface area (Å²) in [5.41, 5.74) is 3.20. The molecule has 1 saturated heterocycles. The van der Waals surface area contributed by atoms with E-state index >= 15 is 0 Å². The molecule has 4 N–H and O–H groups in total. The fraction of sp³-hybridized carbons (Fsp3) is 0.636. The predicted molar refractivity (Wildman–Crippen MR) is 107 cm³/mol. The van der Waals surface area contributed by atoms with E-state index in [2.05, 4.69) is 22.0 Å². The van der Waals surface area contributed by atoms with Gasteiger partial charge in [-0.05, 0) is 49.1 Å². The Balaban J connectivity index is 1.12. The minimum atomic E-state index is -0.542. The number of nitrogens with one attached hydrogen (secondary N) is 3. The van der Waals surface area contributed by atoms with Gasteiger partial charge in [0.1, 0.15) is 0 Å². The third kappa shape index (κ3) is 3.73. The Morgan fingerprint density at radius 1 is 1.17 bits per heavy atom. The van der Waals surface area contributed by atoms with Gasteiger partial charge in [0.05, 0.1) is 24.9 Å². The van der Waals surface area contributed by atoms with Crippen molar-refractivity contribution in [3.8, 4) is 0 Å². The number of anilines is 1. The van der Waals surface area contributed by atoms with E-state index in [1.54, 1.807) is 0 Å². The van der Waals surface area contributed by atoms with Gasteiger partial charge in [0.15, 0.2) is 0 Å². The highest BCUT2D eigenvalue weighted by Gasteiger charge is 2.40. The second-order valence-electron chi connectivity index (χ2n) is 9.06. The maximum Gasteiger partial charge on any atom is 0.309 e. The molecule has 0 radical (unpaired) electrons. The first-order chi connectivity index (χ1) is 14.1. The van der Waals surface area contributed by atoms with Crippen LogP contribution in [-0.2, 0) is 20.7 Å². The maximum atomic E-state index is 12.2. The topological polar surface area (TPSA) is 99.7 Å². The molecule has 7 heteroatoms. The van der Waals surface area contributed by atoms with E-state index in [1.165, 1.54) is 19.3 Å². The number of aliphatic hydroxyl groups excluding tert-OH is 1. The molecule has 3 fully saturated rings. The van der Waals surface area contributed by atoms with Crippen molar-refractivity contribution in [3.63, 3.8) is 0 Å². The summed E-state index contributed by atoms with van der Waals surface area (Å²) in [6.07, 6.45) is 5.61. The maximum absolute atomic E-state index is 12.2. The molecule has 2 aliphatic carbocycles. The molecule has 2 saturated carbocycles. The highest BCUT2D eigenvalue weighted by molar-refractivity contribution is 6.35. The van der Waals surface area contributed by atoms with Crippen LogP contribution in [0.3, 0.4) is 0 Å². The van der Waals surface area contributed by atoms with Crippen LogP contribution in [0.15, 0.2) is 18.2 Å². The molecule has 29 heavy (non-hydrogen) atoms. The van der Waals surface area contributed by atoms with Crippen molar-refractivity contribution in [3.05, 3.63) is 29.3 Å². The van der Waals surface area contributed by atoms with E-state index in [0.29, 0.717) is 25.5 Å². The Labute approximate surface area is 170 Å². The van der Waals surface area contributed by atoms with Gasteiger partial charge >= 0.3 is 11.8 Å². The van der Waals surface area contributed by atoms with Crippen molar-refractivity contribution in [2.75, 3.05) is 18.5 Å². The lowest BCUT2D eigenvalue weighted by Gasteiger charge is -2.40. The third-order valence-electron chi connectivity index (χ3n) is 7.16. The van der Waals surface area contributed by atoms with Crippen molar-refractivity contribution in [1.29, 1.82) is 0 Å². The van der Waals surface area contributed by atoms with E-state index in [9.17, 15) is 14.7 Å². The van der Waals surface area contributed by atoms with Crippen LogP contribution in [0.25, 0.3) is 0 Å². The zero-order chi connectivity index (χ0) is 20.0. The van der Waals surface area contributed by atoms with Crippen LogP contribution in [0.1, 0.15) is 49.3 Å². The second kappa shape index (κ2) is 7.61. The van der Waals surface area contributed by atoms with Crippen LogP contribution in [0.5, 0.6) is 0 Å². The normalized spacial score (nSPS) is 34.2. The molecule has 0 aromatic heterocycles. The average Bonchev–Trinajstić information content (AvgIpc) is 3.34. The van der Waals surface area contributed by atoms with Crippen LogP contribution in [0, 0.1) is 11.8 Å². The van der Waals surface area contributed by atoms with Crippen LogP contribution >= 0.6 is 0 Å². The molecule has 4 aliphatic rings. The first-order valence-corrected chi connectivity index (χ1v) is 10.8. The molecule has 3 unspecified atom stereocenters. The van der Waals surface area contributed by atoms with E-state index in [4.69, 9.17) is 4.74 Å². The molecule has 156 valence electrons. The molecular formula is C22H29N3O4. The summed E-state index contributed by atoms with van der Waals surface area (Å²) in [5, 5.41) is 19.0. The van der Waals surface area contributed by atoms with Crippen LogP contribution in [0.4, 0.5) is 5.69 Å². The molecule has 2 aliphatic heterocycles. The van der Waals surface area contributed by atoms with Crippen molar-refractivity contribution >= 4 is 17.5 Å². The number of benzene rings is 1. The van der Waals surface area contributed by atoms with E-state index in [0.717, 1.165) is 35.6 Å². The monoisotopic (exact) mass is 399 g/mol. The summed E-state index contributed by atoms with van der Waals surface area (Å²) in [4.78, 5) is 24.3. The van der Waals surface area contributed by atoms with Gasteiger partial charge in [0, 0.05) is 30.3 Å². The quantitative estimate of drug-likeness (QED) is 0.572. The molecule has 1 aromatic rings. The van der Waals surface area contributed by atoms with Gasteiger partial charge in [-0.3, -0.25) is 9.59 Å². The first-order valence-electron chi connectivity index (χ1n) is 10.8. The number of carbonyl (C=O) groups excluding carboxylic acids is 2. The lowest BCUT2D eigenvalue weighted by molar-refractivity contribution is -0.139. The van der Waals surface area contributed by atoms with Crippen LogP contribution in [0.2, 0.25) is 0 Å². The smallest absolute Gasteiger partial charge is 0.309 e. The van der Waals surface area contributed by atoms with Crippen molar-refractivity contribution in [1.82, 2.24) is 10.6 Å². The third-order valence-corrected chi connectivity index (χ3v) is 7.16. The standard InChI is InChI=1S/C22H29N3O4/c26-19-11-29-20-10-18(19)24-16-4-2-12(8-15(16)20)5-6-23-21(27)22(28)25-17-9-13-1-3-14(17)7-13/h2,4,8,13-14,17-20,24,26H,1,3,5-7,9-11H2,(H,23,27)(H,25,28)/t13?,14?,17?,18-,19-,20-/m1/s1. The van der Waals surface area contributed by atoms with Crippen LogP contribution < -0.4 is 16.0 Å². The molecule has 5 rings (SSSR count). The number of rotatable bonds is 4. The van der Waals surface area contributed by atoms with E-state index in [-0.39, 0.29) is 18.2 Å². The highest BCUT2D eigenvalue weighted by atomic mass is 16.5. The Bertz CT molecular complexity index is 813. The Morgan fingerprint density at radius 2 is 2.07 bits per heavy atom. The second-order valence-corrected chi connectivity index (χ2v) is 9.06. The molecule has 2 amide bonds. The van der Waals surface area contributed by atoms with Gasteiger partial charge < -0.3 is 25.8 Å². The molecule has 2 heterocycles. The van der Waals surface area contributed by atoms with E-state index in [1.807, 2.05) is 12.1 Å². The number of ether oxygens (including phenoxy) is 1. The molecule has 0 spiro atoms. The van der Waals surface area contributed by atoms with Gasteiger partial charge in [0.2, 0.25) is 0 Å². The van der Waals surface area contributed by atoms with Crippen molar-refractivity contribution in [2.24, 2.45) is 11.8 Å². The largest absolute Gasteiger partial charge is 0.389 e. The Kier molecular flexibility index (Phi) is 4.95. The van der Waals surface area contributed by atoms with E-state index < -0.39 is 17.9 Å². The fourth-order valence-electron chi connectivity index (χ4n) is 5.58. The number of aliphatic hydroxyl groups is 1. The lowest BCUT2D eigenvalue weighted by Crippen LogP contribution is -2.46. The number of amides is 2. The van der Waals surface area contributed by atoms with Gasteiger partial charge in [-0.1, -0.05) is 18.6 Å². The minimum Gasteiger partial charge on any atom is -0.389 e. The summed E-state index contributed by atoms with van der Waals surface area (Å²) >= 11 is 0. The minimum absolute atomic E-state index is 0.00159. The Hall–Kier alpha value is -2.12. The molecule has 7 nitrogen and oxygen atoms in total. The number of hydrogen-bond donors (Lipinski definition) is 4. The predicted octanol–water partition coefficient (Wildman–Crippen LogP) is 1.27. The zero-order valence-corrected chi connectivity index (χ0v) is 16.5. The summed E-state index contributed by atoms with van der Waals surface area (Å²) in [6.45, 7) is 0.766. The Morgan fingerprint density at radius 3 is 2.86 bits per heavy atom.